The van der Waals surface area contributed by atoms with Gasteiger partial charge in [0.05, 0.1) is 10.3 Å². The van der Waals surface area contributed by atoms with Crippen LogP contribution in [0.4, 0.5) is 0 Å². The van der Waals surface area contributed by atoms with Crippen molar-refractivity contribution in [3.63, 3.8) is 0 Å². The molecule has 29 heavy (non-hydrogen) atoms. The van der Waals surface area contributed by atoms with E-state index in [0.29, 0.717) is 26.7 Å². The zero-order valence-corrected chi connectivity index (χ0v) is 16.8. The number of aromatic nitrogens is 2. The molecule has 0 N–H and O–H groups in total. The van der Waals surface area contributed by atoms with E-state index in [2.05, 4.69) is 29.2 Å². The van der Waals surface area contributed by atoms with Gasteiger partial charge in [-0.3, -0.25) is 14.0 Å². The monoisotopic (exact) mass is 403 g/mol. The zero-order chi connectivity index (χ0) is 19.8. The minimum atomic E-state index is -0.123. The van der Waals surface area contributed by atoms with Crippen molar-refractivity contribution in [1.82, 2.24) is 14.3 Å². The van der Waals surface area contributed by atoms with Crippen molar-refractivity contribution in [1.29, 1.82) is 0 Å². The number of carbonyl (C=O) groups excluding carboxylic acids is 1. The molecule has 5 nitrogen and oxygen atoms in total. The molecule has 3 aromatic heterocycles. The molecule has 1 aromatic carbocycles. The number of nitrogens with zero attached hydrogens (tertiary/aromatic N) is 3. The van der Waals surface area contributed by atoms with Crippen LogP contribution in [0.2, 0.25) is 0 Å². The highest BCUT2D eigenvalue weighted by Gasteiger charge is 2.25. The molecule has 0 bridgehead atoms. The first kappa shape index (κ1) is 18.1. The summed E-state index contributed by atoms with van der Waals surface area (Å²) in [5.74, 6) is 0.625. The highest BCUT2D eigenvalue weighted by molar-refractivity contribution is 7.20. The Labute approximate surface area is 172 Å². The Balaban J connectivity index is 1.33. The third-order valence-electron chi connectivity index (χ3n) is 5.70. The van der Waals surface area contributed by atoms with Gasteiger partial charge in [0, 0.05) is 19.3 Å². The van der Waals surface area contributed by atoms with Crippen LogP contribution in [0.15, 0.2) is 65.6 Å². The quantitative estimate of drug-likeness (QED) is 0.519. The number of benzene rings is 1. The minimum Gasteiger partial charge on any atom is -0.338 e. The third kappa shape index (κ3) is 3.44. The number of fused-ring (bicyclic) bond motifs is 2. The molecule has 4 aromatic rings. The summed E-state index contributed by atoms with van der Waals surface area (Å²) in [6.45, 7) is 1.53. The number of thiophene rings is 1. The standard InChI is InChI=1S/C23H21N3O2S/c27-22-18-15-19(29-21(18)24-20-8-4-5-11-26(20)22)23(28)25-12-9-17(10-13-25)14-16-6-2-1-3-7-16/h1-8,11,15,17H,9-10,12-14H2. The second kappa shape index (κ2) is 7.44. The van der Waals surface area contributed by atoms with Gasteiger partial charge >= 0.3 is 0 Å². The number of hydrogen-bond donors (Lipinski definition) is 0. The van der Waals surface area contributed by atoms with Gasteiger partial charge in [-0.1, -0.05) is 36.4 Å². The summed E-state index contributed by atoms with van der Waals surface area (Å²) in [6, 6.07) is 17.7. The van der Waals surface area contributed by atoms with E-state index in [1.54, 1.807) is 24.4 Å². The number of likely N-dealkylation sites (tertiary alicyclic amines) is 1. The van der Waals surface area contributed by atoms with E-state index in [1.807, 2.05) is 17.0 Å². The van der Waals surface area contributed by atoms with Gasteiger partial charge in [-0.05, 0) is 48.9 Å². The molecule has 1 aliphatic heterocycles. The highest BCUT2D eigenvalue weighted by atomic mass is 32.1. The van der Waals surface area contributed by atoms with Crippen LogP contribution in [0.25, 0.3) is 15.9 Å². The van der Waals surface area contributed by atoms with Crippen LogP contribution < -0.4 is 5.56 Å². The SMILES string of the molecule is O=C(c1cc2c(=O)n3ccccc3nc2s1)N1CCC(Cc2ccccc2)CC1. The van der Waals surface area contributed by atoms with E-state index >= 15 is 0 Å². The predicted octanol–water partition coefficient (Wildman–Crippen LogP) is 4.00. The fraction of sp³-hybridized carbons (Fsp3) is 0.261. The largest absolute Gasteiger partial charge is 0.338 e. The summed E-state index contributed by atoms with van der Waals surface area (Å²) in [5.41, 5.74) is 1.84. The summed E-state index contributed by atoms with van der Waals surface area (Å²) >= 11 is 1.32. The van der Waals surface area contributed by atoms with Gasteiger partial charge in [-0.2, -0.15) is 0 Å². The highest BCUT2D eigenvalue weighted by Crippen LogP contribution is 2.27. The fourth-order valence-electron chi connectivity index (χ4n) is 4.10. The van der Waals surface area contributed by atoms with Crippen LogP contribution in [0.5, 0.6) is 0 Å². The lowest BCUT2D eigenvalue weighted by atomic mass is 9.90. The smallest absolute Gasteiger partial charge is 0.266 e. The number of piperidine rings is 1. The maximum atomic E-state index is 13.0. The molecule has 0 atom stereocenters. The maximum absolute atomic E-state index is 13.0. The van der Waals surface area contributed by atoms with E-state index in [9.17, 15) is 9.59 Å². The molecule has 1 amide bonds. The summed E-state index contributed by atoms with van der Waals surface area (Å²) in [5, 5.41) is 0.515. The molecule has 5 rings (SSSR count). The lowest BCUT2D eigenvalue weighted by Crippen LogP contribution is -2.38. The van der Waals surface area contributed by atoms with E-state index in [1.165, 1.54) is 21.3 Å². The fourth-order valence-corrected chi connectivity index (χ4v) is 5.09. The van der Waals surface area contributed by atoms with Crippen LogP contribution in [-0.2, 0) is 6.42 Å². The van der Waals surface area contributed by atoms with Gasteiger partial charge in [0.25, 0.3) is 11.5 Å². The second-order valence-electron chi connectivity index (χ2n) is 7.60. The summed E-state index contributed by atoms with van der Waals surface area (Å²) in [6.07, 6.45) is 4.80. The number of hydrogen-bond acceptors (Lipinski definition) is 4. The van der Waals surface area contributed by atoms with E-state index in [-0.39, 0.29) is 11.5 Å². The van der Waals surface area contributed by atoms with Crippen LogP contribution in [0.1, 0.15) is 28.1 Å². The van der Waals surface area contributed by atoms with Crippen molar-refractivity contribution in [3.05, 3.63) is 81.6 Å². The molecule has 0 radical (unpaired) electrons. The van der Waals surface area contributed by atoms with Crippen molar-refractivity contribution in [3.8, 4) is 0 Å². The Morgan fingerprint density at radius 1 is 1.07 bits per heavy atom. The van der Waals surface area contributed by atoms with Crippen molar-refractivity contribution in [2.24, 2.45) is 5.92 Å². The molecular formula is C23H21N3O2S. The Hall–Kier alpha value is -2.99. The molecule has 6 heteroatoms. The summed E-state index contributed by atoms with van der Waals surface area (Å²) in [7, 11) is 0. The normalized spacial score (nSPS) is 15.2. The number of rotatable bonds is 3. The van der Waals surface area contributed by atoms with Gasteiger partial charge in [0.15, 0.2) is 0 Å². The first-order chi connectivity index (χ1) is 14.2. The van der Waals surface area contributed by atoms with Crippen LogP contribution in [-0.4, -0.2) is 33.3 Å². The van der Waals surface area contributed by atoms with Gasteiger partial charge in [-0.15, -0.1) is 11.3 Å². The van der Waals surface area contributed by atoms with Crippen LogP contribution >= 0.6 is 11.3 Å². The lowest BCUT2D eigenvalue weighted by Gasteiger charge is -2.31. The Morgan fingerprint density at radius 2 is 1.83 bits per heavy atom. The van der Waals surface area contributed by atoms with Crippen molar-refractivity contribution in [2.45, 2.75) is 19.3 Å². The average molecular weight is 404 g/mol. The van der Waals surface area contributed by atoms with E-state index < -0.39 is 0 Å². The van der Waals surface area contributed by atoms with Gasteiger partial charge in [0.2, 0.25) is 0 Å². The summed E-state index contributed by atoms with van der Waals surface area (Å²) < 4.78 is 1.53. The number of carbonyl (C=O) groups is 1. The lowest BCUT2D eigenvalue weighted by molar-refractivity contribution is 0.0695. The van der Waals surface area contributed by atoms with Crippen LogP contribution in [0, 0.1) is 5.92 Å². The molecule has 1 fully saturated rings. The van der Waals surface area contributed by atoms with E-state index in [4.69, 9.17) is 0 Å². The Kier molecular flexibility index (Phi) is 4.64. The molecule has 0 saturated carbocycles. The molecule has 146 valence electrons. The van der Waals surface area contributed by atoms with Crippen molar-refractivity contribution >= 4 is 33.1 Å². The zero-order valence-electron chi connectivity index (χ0n) is 16.0. The summed E-state index contributed by atoms with van der Waals surface area (Å²) in [4.78, 5) is 33.5. The second-order valence-corrected chi connectivity index (χ2v) is 8.63. The molecule has 1 aliphatic rings. The number of pyridine rings is 1. The molecule has 0 aliphatic carbocycles. The third-order valence-corrected chi connectivity index (χ3v) is 6.71. The topological polar surface area (TPSA) is 54.7 Å². The van der Waals surface area contributed by atoms with Crippen molar-refractivity contribution in [2.75, 3.05) is 13.1 Å². The van der Waals surface area contributed by atoms with Crippen molar-refractivity contribution < 1.29 is 4.79 Å². The Morgan fingerprint density at radius 3 is 2.62 bits per heavy atom. The van der Waals surface area contributed by atoms with Gasteiger partial charge in [0.1, 0.15) is 10.5 Å². The molecule has 1 saturated heterocycles. The maximum Gasteiger partial charge on any atom is 0.266 e. The molecule has 0 unspecified atom stereocenters. The van der Waals surface area contributed by atoms with Crippen LogP contribution in [0.3, 0.4) is 0 Å². The van der Waals surface area contributed by atoms with Gasteiger partial charge in [-0.25, -0.2) is 4.98 Å². The molecular weight excluding hydrogens is 382 g/mol. The molecule has 0 spiro atoms. The van der Waals surface area contributed by atoms with Gasteiger partial charge < -0.3 is 4.90 Å². The average Bonchev–Trinajstić information content (AvgIpc) is 3.19. The first-order valence-corrected chi connectivity index (χ1v) is 10.7. The number of amides is 1. The Bertz CT molecular complexity index is 1240. The van der Waals surface area contributed by atoms with E-state index in [0.717, 1.165) is 32.4 Å². The first-order valence-electron chi connectivity index (χ1n) is 9.93. The minimum absolute atomic E-state index is 0.0135. The predicted molar refractivity (Wildman–Crippen MR) is 116 cm³/mol. The molecule has 4 heterocycles.